The van der Waals surface area contributed by atoms with E-state index in [0.29, 0.717) is 10.8 Å². The highest BCUT2D eigenvalue weighted by molar-refractivity contribution is 6.65. The van der Waals surface area contributed by atoms with Gasteiger partial charge in [-0.3, -0.25) is 14.7 Å². The molecule has 27 atom stereocenters. The number of fused-ring (bicyclic) bond motifs is 4. The molecule has 17 aliphatic carbocycles. The van der Waals surface area contributed by atoms with Crippen molar-refractivity contribution < 1.29 is 0 Å². The maximum atomic E-state index is 4.03. The van der Waals surface area contributed by atoms with Crippen molar-refractivity contribution in [1.82, 2.24) is 14.7 Å². The topological polar surface area (TPSA) is 9.72 Å². The second-order valence-electron chi connectivity index (χ2n) is 44.6. The van der Waals surface area contributed by atoms with Gasteiger partial charge in [0, 0.05) is 59.8 Å². The molecule has 4 heteroatoms. The number of piperidine rings is 2. The van der Waals surface area contributed by atoms with Crippen LogP contribution in [0.25, 0.3) is 0 Å². The van der Waals surface area contributed by atoms with Crippen LogP contribution in [0.5, 0.6) is 0 Å². The van der Waals surface area contributed by atoms with Crippen molar-refractivity contribution >= 4 is 6.71 Å². The Kier molecular flexibility index (Phi) is 17.5. The van der Waals surface area contributed by atoms with E-state index in [0.717, 1.165) is 214 Å². The molecule has 96 heavy (non-hydrogen) atoms. The van der Waals surface area contributed by atoms with Crippen LogP contribution >= 0.6 is 0 Å². The first-order chi connectivity index (χ1) is 46.9. The van der Waals surface area contributed by atoms with Gasteiger partial charge in [0.2, 0.25) is 0 Å². The van der Waals surface area contributed by atoms with Crippen molar-refractivity contribution in [2.24, 2.45) is 146 Å². The van der Waals surface area contributed by atoms with Gasteiger partial charge in [-0.2, -0.15) is 0 Å². The highest BCUT2D eigenvalue weighted by Gasteiger charge is 2.85. The van der Waals surface area contributed by atoms with Crippen molar-refractivity contribution in [2.75, 3.05) is 0 Å². The molecule has 20 aliphatic rings. The Balaban J connectivity index is 0.762. The van der Waals surface area contributed by atoms with E-state index in [1.807, 2.05) is 0 Å². The molecule has 0 bridgehead atoms. The third-order valence-corrected chi connectivity index (χ3v) is 39.9. The van der Waals surface area contributed by atoms with Crippen LogP contribution < -0.4 is 0 Å². The summed E-state index contributed by atoms with van der Waals surface area (Å²) in [5.74, 6) is 25.3. The smallest absolute Gasteiger partial charge is 0.156 e. The van der Waals surface area contributed by atoms with E-state index in [1.165, 1.54) is 32.1 Å². The lowest BCUT2D eigenvalue weighted by Gasteiger charge is -2.90. The van der Waals surface area contributed by atoms with E-state index >= 15 is 0 Å². The van der Waals surface area contributed by atoms with Gasteiger partial charge in [-0.25, -0.2) is 0 Å². The van der Waals surface area contributed by atoms with E-state index in [1.54, 1.807) is 283 Å². The van der Waals surface area contributed by atoms with Gasteiger partial charge in [-0.1, -0.05) is 234 Å². The molecule has 0 aromatic carbocycles. The average molecular weight is 1310 g/mol. The summed E-state index contributed by atoms with van der Waals surface area (Å²) < 4.78 is 0. The Labute approximate surface area is 592 Å². The fourth-order valence-corrected chi connectivity index (χ4v) is 36.3. The van der Waals surface area contributed by atoms with E-state index in [4.69, 9.17) is 0 Å². The first-order valence-electron chi connectivity index (χ1n) is 46.2. The summed E-state index contributed by atoms with van der Waals surface area (Å²) in [6, 6.07) is 8.07. The van der Waals surface area contributed by atoms with Crippen molar-refractivity contribution in [2.45, 2.75) is 428 Å². The van der Waals surface area contributed by atoms with E-state index in [-0.39, 0.29) is 0 Å². The van der Waals surface area contributed by atoms with Gasteiger partial charge in [0.1, 0.15) is 0 Å². The van der Waals surface area contributed by atoms with E-state index in [2.05, 4.69) is 56.2 Å². The Hall–Kier alpha value is -0.0551. The average Bonchev–Trinajstić information content (AvgIpc) is 0.619. The monoisotopic (exact) mass is 1310 g/mol. The number of rotatable bonds is 9. The Bertz CT molecular complexity index is 2620. The third-order valence-electron chi connectivity index (χ3n) is 39.9. The lowest BCUT2D eigenvalue weighted by atomic mass is 9.18. The maximum absolute atomic E-state index is 4.03. The molecule has 20 fully saturated rings. The summed E-state index contributed by atoms with van der Waals surface area (Å²) in [6.45, 7) is 17.3. The zero-order chi connectivity index (χ0) is 64.1. The molecule has 0 aromatic heterocycles. The molecule has 1 spiro atoms. The Morgan fingerprint density at radius 2 is 0.719 bits per heavy atom. The summed E-state index contributed by atoms with van der Waals surface area (Å²) in [4.78, 5) is 11.5. The van der Waals surface area contributed by atoms with Crippen LogP contribution in [-0.2, 0) is 0 Å². The molecule has 17 saturated carbocycles. The molecule has 3 nitrogen and oxygen atoms in total. The van der Waals surface area contributed by atoms with E-state index in [9.17, 15) is 0 Å². The van der Waals surface area contributed by atoms with Crippen LogP contribution in [0.3, 0.4) is 0 Å². The third kappa shape index (κ3) is 10.4. The first-order valence-corrected chi connectivity index (χ1v) is 46.2. The van der Waals surface area contributed by atoms with Crippen molar-refractivity contribution in [3.05, 3.63) is 0 Å². The maximum Gasteiger partial charge on any atom is 0.156 e. The predicted octanol–water partition coefficient (Wildman–Crippen LogP) is 23.8. The van der Waals surface area contributed by atoms with Crippen LogP contribution in [0.4, 0.5) is 0 Å². The SMILES string of the molecule is CC(C)(C)C1CC2CCC3CC(C(C)(C)C)CC4C(C5CCC6B7C8CC(C9CCCCC9)CCC8N(C8C(C9CCCCC9)CCCC8C8CCCCC8)C8CC(N9C%10CC%11CC%12CC9C%11%12%10)CC(C78)N(C7C(C8CCCCC8)CCCC7C7CCCCC7)C6C5)CC(C1)C2C34. The molecular weight excluding hydrogens is 1160 g/mol. The number of likely N-dealkylation sites (tertiary alicyclic amines) is 1. The number of hydrogen-bond donors (Lipinski definition) is 0. The van der Waals surface area contributed by atoms with Crippen LogP contribution in [0.1, 0.15) is 356 Å². The first kappa shape index (κ1) is 65.5. The molecule has 0 N–H and O–H groups in total. The summed E-state index contributed by atoms with van der Waals surface area (Å²) in [5, 5.41) is 0. The van der Waals surface area contributed by atoms with Crippen molar-refractivity contribution in [3.63, 3.8) is 0 Å². The Morgan fingerprint density at radius 3 is 1.22 bits per heavy atom. The quantitative estimate of drug-likeness (QED) is 0.213. The van der Waals surface area contributed by atoms with Crippen LogP contribution in [0.2, 0.25) is 17.5 Å². The van der Waals surface area contributed by atoms with Gasteiger partial charge in [-0.15, -0.1) is 0 Å². The summed E-state index contributed by atoms with van der Waals surface area (Å²) in [6.07, 6.45) is 78.1. The molecule has 3 aliphatic heterocycles. The second-order valence-corrected chi connectivity index (χ2v) is 44.6. The van der Waals surface area contributed by atoms with Crippen LogP contribution in [0.15, 0.2) is 0 Å². The summed E-state index contributed by atoms with van der Waals surface area (Å²) in [5.41, 5.74) is 1.72. The standard InChI is InChI=1S/C92H150BN3/c1-90(2,3)66-44-63-38-39-64-45-67(91(4,5)6)51-76-75(47-65(46-66)85(63)86(64)76)62-40-42-77-80(49-62)96(89-73(59-30-18-10-19-31-59)36-23-37-74(89)60-32-20-11-21-33-60)82-55-70(94-83-52-68-50-69-53-84(94)92(68,69)83)54-81-87(82)93(77)78-48-61(56-24-12-7-13-25-56)41-43-79(78)95(81)88-71(57-26-14-8-15-27-57)34-22-35-72(88)58-28-16-9-17-29-58/h56-89H,7-55H2,1-6H3. The van der Waals surface area contributed by atoms with Crippen molar-refractivity contribution in [3.8, 4) is 0 Å². The molecule has 20 rings (SSSR count). The minimum atomic E-state index is 0.443. The highest BCUT2D eigenvalue weighted by Crippen LogP contribution is 2.83. The molecule has 0 radical (unpaired) electrons. The highest BCUT2D eigenvalue weighted by atomic mass is 15.4. The molecule has 3 saturated heterocycles. The van der Waals surface area contributed by atoms with Gasteiger partial charge in [-0.05, 0) is 280 Å². The lowest BCUT2D eigenvalue weighted by molar-refractivity contribution is -0.408. The molecule has 536 valence electrons. The molecule has 0 amide bonds. The summed E-state index contributed by atoms with van der Waals surface area (Å²) >= 11 is 0. The second kappa shape index (κ2) is 25.6. The minimum Gasteiger partial charge on any atom is -0.295 e. The number of hydrogen-bond acceptors (Lipinski definition) is 3. The normalized spacial score (nSPS) is 52.9. The van der Waals surface area contributed by atoms with E-state index < -0.39 is 0 Å². The largest absolute Gasteiger partial charge is 0.295 e. The zero-order valence-electron chi connectivity index (χ0n) is 63.7. The minimum absolute atomic E-state index is 0.443. The fraction of sp³-hybridized carbons (Fsp3) is 1.00. The summed E-state index contributed by atoms with van der Waals surface area (Å²) in [7, 11) is 0. The fourth-order valence-electron chi connectivity index (χ4n) is 36.3. The predicted molar refractivity (Wildman–Crippen MR) is 401 cm³/mol. The zero-order valence-corrected chi connectivity index (χ0v) is 63.7. The molecule has 3 heterocycles. The van der Waals surface area contributed by atoms with Gasteiger partial charge < -0.3 is 0 Å². The van der Waals surface area contributed by atoms with Crippen LogP contribution in [0, 0.1) is 146 Å². The number of nitrogens with zero attached hydrogens (tertiary/aromatic N) is 3. The van der Waals surface area contributed by atoms with Gasteiger partial charge >= 0.3 is 0 Å². The Morgan fingerprint density at radius 1 is 0.271 bits per heavy atom. The molecular formula is C92H150BN3. The van der Waals surface area contributed by atoms with Gasteiger partial charge in [0.15, 0.2) is 6.71 Å². The molecule has 27 unspecified atom stereocenters. The van der Waals surface area contributed by atoms with Crippen LogP contribution in [-0.4, -0.2) is 75.8 Å². The molecule has 0 aromatic rings. The van der Waals surface area contributed by atoms with Crippen molar-refractivity contribution in [1.29, 1.82) is 0 Å². The van der Waals surface area contributed by atoms with Gasteiger partial charge in [0.25, 0.3) is 0 Å². The van der Waals surface area contributed by atoms with Gasteiger partial charge in [0.05, 0.1) is 0 Å². The lowest BCUT2D eigenvalue weighted by Crippen LogP contribution is -2.94.